The summed E-state index contributed by atoms with van der Waals surface area (Å²) in [7, 11) is 0. The molecule has 3 aromatic carbocycles. The number of phenols is 1. The van der Waals surface area contributed by atoms with Crippen molar-refractivity contribution in [2.75, 3.05) is 0 Å². The van der Waals surface area contributed by atoms with E-state index in [1.165, 1.54) is 0 Å². The number of para-hydroxylation sites is 1. The van der Waals surface area contributed by atoms with Crippen molar-refractivity contribution in [3.05, 3.63) is 95.2 Å². The van der Waals surface area contributed by atoms with Gasteiger partial charge in [0.25, 0.3) is 0 Å². The minimum Gasteiger partial charge on any atom is -0.506 e. The molecule has 0 aliphatic carbocycles. The van der Waals surface area contributed by atoms with Crippen LogP contribution in [-0.4, -0.2) is 19.6 Å². The van der Waals surface area contributed by atoms with Gasteiger partial charge in [0.05, 0.1) is 0 Å². The molecule has 0 saturated heterocycles. The van der Waals surface area contributed by atoms with E-state index in [2.05, 4.69) is 58.7 Å². The standard InChI is InChI=1S/C30H24N3O2.Pt/c1-17-9-10-31-27(13-17)33-24-8-6-5-7-22(24)29-20(4)14-21(16-25(29)33)35-28-15-19(3)23-11-18(2)12-26(34)30(23)32-28;/h5-15,34H,1-4H3;/q-1;. The monoisotopic (exact) mass is 653 g/mol. The van der Waals surface area contributed by atoms with Crippen LogP contribution >= 0.6 is 0 Å². The molecule has 0 saturated carbocycles. The van der Waals surface area contributed by atoms with Crippen LogP contribution in [0.3, 0.4) is 0 Å². The Morgan fingerprint density at radius 2 is 1.67 bits per heavy atom. The summed E-state index contributed by atoms with van der Waals surface area (Å²) in [4.78, 5) is 9.26. The topological polar surface area (TPSA) is 60.2 Å². The molecule has 0 bridgehead atoms. The van der Waals surface area contributed by atoms with Crippen LogP contribution in [0.4, 0.5) is 0 Å². The number of aryl methyl sites for hydroxylation is 4. The SMILES string of the molecule is Cc1ccnc(-n2c3[c-]c(Oc4cc(C)c5cc(C)cc(O)c5n4)cc(C)c3c3ccccc32)c1.[Pt]. The summed E-state index contributed by atoms with van der Waals surface area (Å²) < 4.78 is 8.37. The fourth-order valence-corrected chi connectivity index (χ4v) is 4.86. The van der Waals surface area contributed by atoms with Crippen LogP contribution in [0, 0.1) is 33.8 Å². The van der Waals surface area contributed by atoms with Gasteiger partial charge in [-0.15, -0.1) is 17.7 Å². The zero-order valence-electron chi connectivity index (χ0n) is 20.4. The van der Waals surface area contributed by atoms with Gasteiger partial charge in [-0.1, -0.05) is 36.0 Å². The summed E-state index contributed by atoms with van der Waals surface area (Å²) in [6, 6.07) is 23.5. The van der Waals surface area contributed by atoms with Crippen molar-refractivity contribution in [1.82, 2.24) is 14.5 Å². The van der Waals surface area contributed by atoms with Crippen molar-refractivity contribution in [1.29, 1.82) is 0 Å². The first kappa shape index (κ1) is 24.0. The van der Waals surface area contributed by atoms with Gasteiger partial charge in [0.1, 0.15) is 17.1 Å². The average molecular weight is 654 g/mol. The maximum absolute atomic E-state index is 10.5. The van der Waals surface area contributed by atoms with Crippen LogP contribution in [0.1, 0.15) is 22.3 Å². The molecule has 0 unspecified atom stereocenters. The van der Waals surface area contributed by atoms with Crippen molar-refractivity contribution < 1.29 is 30.9 Å². The first-order chi connectivity index (χ1) is 16.9. The predicted octanol–water partition coefficient (Wildman–Crippen LogP) is 7.26. The number of rotatable bonds is 3. The summed E-state index contributed by atoms with van der Waals surface area (Å²) >= 11 is 0. The van der Waals surface area contributed by atoms with E-state index in [1.54, 1.807) is 6.07 Å². The molecule has 6 rings (SSSR count). The quantitative estimate of drug-likeness (QED) is 0.205. The summed E-state index contributed by atoms with van der Waals surface area (Å²) in [5.74, 6) is 1.96. The van der Waals surface area contributed by atoms with Crippen LogP contribution in [0.5, 0.6) is 17.4 Å². The summed E-state index contributed by atoms with van der Waals surface area (Å²) in [6.07, 6.45) is 1.83. The molecule has 5 nitrogen and oxygen atoms in total. The maximum atomic E-state index is 10.5. The van der Waals surface area contributed by atoms with Gasteiger partial charge >= 0.3 is 0 Å². The number of fused-ring (bicyclic) bond motifs is 4. The molecule has 0 fully saturated rings. The number of nitrogens with zero attached hydrogens (tertiary/aromatic N) is 3. The van der Waals surface area contributed by atoms with Crippen LogP contribution in [0.25, 0.3) is 38.5 Å². The molecule has 0 aliphatic heterocycles. The van der Waals surface area contributed by atoms with Crippen molar-refractivity contribution in [3.8, 4) is 23.2 Å². The third-order valence-corrected chi connectivity index (χ3v) is 6.42. The average Bonchev–Trinajstić information content (AvgIpc) is 3.14. The number of hydrogen-bond donors (Lipinski definition) is 1. The van der Waals surface area contributed by atoms with E-state index in [0.29, 0.717) is 17.1 Å². The molecular formula is C30H24N3O2Pt-. The Kier molecular flexibility index (Phi) is 6.05. The second-order valence-corrected chi connectivity index (χ2v) is 9.14. The Balaban J connectivity index is 0.00000267. The molecular weight excluding hydrogens is 629 g/mol. The van der Waals surface area contributed by atoms with Crippen LogP contribution in [0.2, 0.25) is 0 Å². The smallest absolute Gasteiger partial charge is 0.217 e. The van der Waals surface area contributed by atoms with Gasteiger partial charge in [0.15, 0.2) is 0 Å². The number of hydrogen-bond acceptors (Lipinski definition) is 4. The second-order valence-electron chi connectivity index (χ2n) is 9.14. The zero-order chi connectivity index (χ0) is 24.3. The van der Waals surface area contributed by atoms with E-state index in [0.717, 1.165) is 55.3 Å². The molecule has 6 aromatic rings. The molecule has 0 amide bonds. The van der Waals surface area contributed by atoms with Gasteiger partial charge < -0.3 is 14.4 Å². The van der Waals surface area contributed by atoms with Gasteiger partial charge in [0.2, 0.25) is 5.88 Å². The Bertz CT molecular complexity index is 1790. The second kappa shape index (κ2) is 9.07. The molecule has 3 aromatic heterocycles. The maximum Gasteiger partial charge on any atom is 0.217 e. The van der Waals surface area contributed by atoms with E-state index in [9.17, 15) is 5.11 Å². The molecule has 6 heteroatoms. The molecule has 3 heterocycles. The van der Waals surface area contributed by atoms with Gasteiger partial charge in [-0.05, 0) is 73.2 Å². The van der Waals surface area contributed by atoms with Crippen LogP contribution in [0.15, 0.2) is 66.9 Å². The van der Waals surface area contributed by atoms with Gasteiger partial charge in [-0.3, -0.25) is 0 Å². The molecule has 36 heavy (non-hydrogen) atoms. The Morgan fingerprint density at radius 1 is 0.861 bits per heavy atom. The van der Waals surface area contributed by atoms with E-state index in [-0.39, 0.29) is 26.8 Å². The Labute approximate surface area is 223 Å². The minimum absolute atomic E-state index is 0. The fourth-order valence-electron chi connectivity index (χ4n) is 4.86. The number of benzene rings is 3. The summed E-state index contributed by atoms with van der Waals surface area (Å²) in [6.45, 7) is 8.09. The molecule has 0 radical (unpaired) electrons. The van der Waals surface area contributed by atoms with Gasteiger partial charge in [-0.25, -0.2) is 9.97 Å². The number of ether oxygens (including phenoxy) is 1. The van der Waals surface area contributed by atoms with Crippen molar-refractivity contribution >= 4 is 32.7 Å². The normalized spacial score (nSPS) is 11.2. The van der Waals surface area contributed by atoms with Crippen LogP contribution < -0.4 is 4.74 Å². The summed E-state index contributed by atoms with van der Waals surface area (Å²) in [5, 5.41) is 13.7. The van der Waals surface area contributed by atoms with E-state index in [4.69, 9.17) is 4.74 Å². The molecule has 0 aliphatic rings. The van der Waals surface area contributed by atoms with E-state index < -0.39 is 0 Å². The van der Waals surface area contributed by atoms with Gasteiger partial charge in [0, 0.05) is 50.0 Å². The van der Waals surface area contributed by atoms with Gasteiger partial charge in [-0.2, -0.15) is 0 Å². The third-order valence-electron chi connectivity index (χ3n) is 6.42. The Hall–Kier alpha value is -3.69. The zero-order valence-corrected chi connectivity index (χ0v) is 22.6. The number of aromatic nitrogens is 3. The van der Waals surface area contributed by atoms with E-state index >= 15 is 0 Å². The molecule has 1 N–H and O–H groups in total. The Morgan fingerprint density at radius 3 is 2.47 bits per heavy atom. The number of pyridine rings is 2. The first-order valence-electron chi connectivity index (χ1n) is 11.6. The molecule has 0 spiro atoms. The minimum atomic E-state index is 0. The third kappa shape index (κ3) is 3.94. The van der Waals surface area contributed by atoms with Crippen molar-refractivity contribution in [3.63, 3.8) is 0 Å². The largest absolute Gasteiger partial charge is 0.506 e. The van der Waals surface area contributed by atoms with E-state index in [1.807, 2.05) is 50.4 Å². The molecule has 0 atom stereocenters. The predicted molar refractivity (Wildman–Crippen MR) is 140 cm³/mol. The number of aromatic hydroxyl groups is 1. The first-order valence-corrected chi connectivity index (χ1v) is 11.6. The molecule has 182 valence electrons. The summed E-state index contributed by atoms with van der Waals surface area (Å²) in [5.41, 5.74) is 6.68. The van der Waals surface area contributed by atoms with Crippen LogP contribution in [-0.2, 0) is 21.1 Å². The van der Waals surface area contributed by atoms with Crippen molar-refractivity contribution in [2.24, 2.45) is 0 Å². The number of phenolic OH excluding ortho intramolecular Hbond substituents is 1. The van der Waals surface area contributed by atoms with Crippen molar-refractivity contribution in [2.45, 2.75) is 27.7 Å². The fraction of sp³-hybridized carbons (Fsp3) is 0.133.